The van der Waals surface area contributed by atoms with Gasteiger partial charge in [-0.3, -0.25) is 14.4 Å². The topological polar surface area (TPSA) is 82.3 Å². The molecule has 2 N–H and O–H groups in total. The van der Waals surface area contributed by atoms with Gasteiger partial charge in [0.15, 0.2) is 0 Å². The molecule has 1 fully saturated rings. The standard InChI is InChI=1S/C26H29N3O3/c1-15-6-8-19(10-16(15)2)29-14-17(11-24(29)31)25(32)27-18-7-9-20-21(26(3,4)5)13-23(30)28-22(20)12-18/h6-10,12-13,17H,11,14H2,1-5H3,(H,27,32)(H,28,30). The Balaban J connectivity index is 1.54. The summed E-state index contributed by atoms with van der Waals surface area (Å²) in [6.07, 6.45) is 0.178. The predicted molar refractivity (Wildman–Crippen MR) is 128 cm³/mol. The third-order valence-corrected chi connectivity index (χ3v) is 6.22. The molecule has 0 bridgehead atoms. The van der Waals surface area contributed by atoms with Crippen molar-refractivity contribution in [2.24, 2.45) is 5.92 Å². The van der Waals surface area contributed by atoms with E-state index >= 15 is 0 Å². The molecular formula is C26H29N3O3. The van der Waals surface area contributed by atoms with Gasteiger partial charge in [0.05, 0.1) is 11.4 Å². The molecule has 3 aromatic rings. The van der Waals surface area contributed by atoms with Crippen molar-refractivity contribution in [1.29, 1.82) is 0 Å². The average Bonchev–Trinajstić information content (AvgIpc) is 3.10. The van der Waals surface area contributed by atoms with Crippen LogP contribution in [0.3, 0.4) is 0 Å². The van der Waals surface area contributed by atoms with Crippen molar-refractivity contribution in [3.63, 3.8) is 0 Å². The highest BCUT2D eigenvalue weighted by Crippen LogP contribution is 2.30. The van der Waals surface area contributed by atoms with Crippen LogP contribution in [0.15, 0.2) is 47.3 Å². The number of H-pyrrole nitrogens is 1. The number of benzene rings is 2. The summed E-state index contributed by atoms with van der Waals surface area (Å²) in [4.78, 5) is 42.2. The summed E-state index contributed by atoms with van der Waals surface area (Å²) in [5.41, 5.74) is 4.99. The number of hydrogen-bond acceptors (Lipinski definition) is 3. The molecule has 2 aromatic carbocycles. The second-order valence-corrected chi connectivity index (χ2v) is 9.72. The number of nitrogens with zero attached hydrogens (tertiary/aromatic N) is 1. The van der Waals surface area contributed by atoms with E-state index < -0.39 is 5.92 Å². The summed E-state index contributed by atoms with van der Waals surface area (Å²) in [5, 5.41) is 3.88. The van der Waals surface area contributed by atoms with Crippen LogP contribution in [0.25, 0.3) is 10.9 Å². The lowest BCUT2D eigenvalue weighted by Crippen LogP contribution is -2.28. The van der Waals surface area contributed by atoms with Crippen LogP contribution in [0.5, 0.6) is 0 Å². The number of pyridine rings is 1. The number of fused-ring (bicyclic) bond motifs is 1. The van der Waals surface area contributed by atoms with Crippen molar-refractivity contribution in [2.45, 2.75) is 46.5 Å². The van der Waals surface area contributed by atoms with Crippen LogP contribution in [0.2, 0.25) is 0 Å². The Kier molecular flexibility index (Phi) is 5.41. The highest BCUT2D eigenvalue weighted by molar-refractivity contribution is 6.04. The highest BCUT2D eigenvalue weighted by Gasteiger charge is 2.35. The third kappa shape index (κ3) is 4.17. The summed E-state index contributed by atoms with van der Waals surface area (Å²) in [6, 6.07) is 13.1. The zero-order valence-electron chi connectivity index (χ0n) is 19.2. The van der Waals surface area contributed by atoms with Gasteiger partial charge >= 0.3 is 0 Å². The fourth-order valence-electron chi connectivity index (χ4n) is 4.23. The van der Waals surface area contributed by atoms with E-state index in [1.54, 1.807) is 17.0 Å². The van der Waals surface area contributed by atoms with E-state index in [9.17, 15) is 14.4 Å². The van der Waals surface area contributed by atoms with E-state index in [1.807, 2.05) is 44.2 Å². The molecule has 0 radical (unpaired) electrons. The first-order valence-corrected chi connectivity index (χ1v) is 10.9. The molecule has 1 aliphatic heterocycles. The zero-order chi connectivity index (χ0) is 23.2. The average molecular weight is 432 g/mol. The smallest absolute Gasteiger partial charge is 0.248 e. The third-order valence-electron chi connectivity index (χ3n) is 6.22. The Hall–Kier alpha value is -3.41. The Bertz CT molecular complexity index is 1280. The Labute approximate surface area is 187 Å². The molecule has 0 aliphatic carbocycles. The number of carbonyl (C=O) groups excluding carboxylic acids is 2. The number of aromatic nitrogens is 1. The lowest BCUT2D eigenvalue weighted by molar-refractivity contribution is -0.122. The lowest BCUT2D eigenvalue weighted by Gasteiger charge is -2.21. The molecule has 6 nitrogen and oxygen atoms in total. The van der Waals surface area contributed by atoms with Crippen molar-refractivity contribution in [1.82, 2.24) is 4.98 Å². The lowest BCUT2D eigenvalue weighted by atomic mass is 9.85. The van der Waals surface area contributed by atoms with Crippen LogP contribution in [0.4, 0.5) is 11.4 Å². The van der Waals surface area contributed by atoms with Gasteiger partial charge in [-0.05, 0) is 60.2 Å². The summed E-state index contributed by atoms with van der Waals surface area (Å²) in [7, 11) is 0. The van der Waals surface area contributed by atoms with Crippen molar-refractivity contribution < 1.29 is 9.59 Å². The van der Waals surface area contributed by atoms with Gasteiger partial charge in [-0.2, -0.15) is 0 Å². The van der Waals surface area contributed by atoms with Crippen LogP contribution in [-0.2, 0) is 15.0 Å². The SMILES string of the molecule is Cc1ccc(N2CC(C(=O)Nc3ccc4c(C(C)(C)C)cc(=O)[nH]c4c3)CC2=O)cc1C. The number of amides is 2. The fourth-order valence-corrected chi connectivity index (χ4v) is 4.23. The van der Waals surface area contributed by atoms with Crippen molar-refractivity contribution >= 4 is 34.1 Å². The largest absolute Gasteiger partial charge is 0.326 e. The molecule has 1 atom stereocenters. The van der Waals surface area contributed by atoms with Crippen molar-refractivity contribution in [3.05, 3.63) is 69.5 Å². The molecule has 1 aromatic heterocycles. The minimum absolute atomic E-state index is 0.0499. The molecule has 4 rings (SSSR count). The van der Waals surface area contributed by atoms with Crippen LogP contribution < -0.4 is 15.8 Å². The second-order valence-electron chi connectivity index (χ2n) is 9.72. The molecule has 0 saturated carbocycles. The van der Waals surface area contributed by atoms with Crippen LogP contribution in [-0.4, -0.2) is 23.3 Å². The maximum Gasteiger partial charge on any atom is 0.248 e. The number of aryl methyl sites for hydroxylation is 2. The summed E-state index contributed by atoms with van der Waals surface area (Å²) in [6.45, 7) is 10.6. The molecule has 1 saturated heterocycles. The Morgan fingerprint density at radius 3 is 2.47 bits per heavy atom. The Morgan fingerprint density at radius 1 is 1.03 bits per heavy atom. The molecule has 166 valence electrons. The molecule has 1 aliphatic rings. The maximum absolute atomic E-state index is 12.9. The van der Waals surface area contributed by atoms with Gasteiger partial charge in [0.25, 0.3) is 0 Å². The van der Waals surface area contributed by atoms with Gasteiger partial charge in [-0.1, -0.05) is 32.9 Å². The molecule has 0 spiro atoms. The van der Waals surface area contributed by atoms with Gasteiger partial charge in [-0.15, -0.1) is 0 Å². The summed E-state index contributed by atoms with van der Waals surface area (Å²) < 4.78 is 0. The Morgan fingerprint density at radius 2 is 1.78 bits per heavy atom. The maximum atomic E-state index is 12.9. The number of aromatic amines is 1. The number of carbonyl (C=O) groups is 2. The van der Waals surface area contributed by atoms with E-state index in [4.69, 9.17) is 0 Å². The van der Waals surface area contributed by atoms with Crippen molar-refractivity contribution in [2.75, 3.05) is 16.8 Å². The normalized spacial score (nSPS) is 16.6. The predicted octanol–water partition coefficient (Wildman–Crippen LogP) is 4.43. The first kappa shape index (κ1) is 21.8. The first-order valence-electron chi connectivity index (χ1n) is 10.9. The first-order chi connectivity index (χ1) is 15.0. The van der Waals surface area contributed by atoms with Gasteiger partial charge in [0.1, 0.15) is 0 Å². The summed E-state index contributed by atoms with van der Waals surface area (Å²) >= 11 is 0. The highest BCUT2D eigenvalue weighted by atomic mass is 16.2. The number of hydrogen-bond donors (Lipinski definition) is 2. The van der Waals surface area contributed by atoms with Gasteiger partial charge in [-0.25, -0.2) is 0 Å². The summed E-state index contributed by atoms with van der Waals surface area (Å²) in [5.74, 6) is -0.677. The number of anilines is 2. The molecule has 32 heavy (non-hydrogen) atoms. The minimum Gasteiger partial charge on any atom is -0.326 e. The van der Waals surface area contributed by atoms with Crippen LogP contribution >= 0.6 is 0 Å². The van der Waals surface area contributed by atoms with Crippen LogP contribution in [0, 0.1) is 19.8 Å². The minimum atomic E-state index is -0.431. The van der Waals surface area contributed by atoms with Gasteiger partial charge < -0.3 is 15.2 Å². The zero-order valence-corrected chi connectivity index (χ0v) is 19.2. The van der Waals surface area contributed by atoms with Crippen LogP contribution in [0.1, 0.15) is 43.9 Å². The van der Waals surface area contributed by atoms with Gasteiger partial charge in [0.2, 0.25) is 17.4 Å². The van der Waals surface area contributed by atoms with E-state index in [2.05, 4.69) is 31.1 Å². The van der Waals surface area contributed by atoms with E-state index in [0.29, 0.717) is 17.7 Å². The molecule has 2 amide bonds. The number of nitrogens with one attached hydrogen (secondary N) is 2. The quantitative estimate of drug-likeness (QED) is 0.643. The monoisotopic (exact) mass is 431 g/mol. The second kappa shape index (κ2) is 7.93. The molecule has 6 heteroatoms. The van der Waals surface area contributed by atoms with Gasteiger partial charge in [0, 0.05) is 35.8 Å². The molecule has 2 heterocycles. The fraction of sp³-hybridized carbons (Fsp3) is 0.346. The van der Waals surface area contributed by atoms with E-state index in [0.717, 1.165) is 22.2 Å². The molecule has 1 unspecified atom stereocenters. The van der Waals surface area contributed by atoms with E-state index in [1.165, 1.54) is 5.56 Å². The van der Waals surface area contributed by atoms with E-state index in [-0.39, 0.29) is 29.2 Å². The van der Waals surface area contributed by atoms with Crippen molar-refractivity contribution in [3.8, 4) is 0 Å². The number of rotatable bonds is 3. The molecular weight excluding hydrogens is 402 g/mol.